The van der Waals surface area contributed by atoms with Gasteiger partial charge >= 0.3 is 0 Å². The lowest BCUT2D eigenvalue weighted by molar-refractivity contribution is -0.121. The lowest BCUT2D eigenvalue weighted by atomic mass is 9.95. The molecule has 1 aromatic heterocycles. The Morgan fingerprint density at radius 1 is 1.10 bits per heavy atom. The van der Waals surface area contributed by atoms with Gasteiger partial charge < -0.3 is 5.32 Å². The van der Waals surface area contributed by atoms with Gasteiger partial charge in [-0.05, 0) is 45.7 Å². The van der Waals surface area contributed by atoms with Gasteiger partial charge in [0.15, 0.2) is 0 Å². The summed E-state index contributed by atoms with van der Waals surface area (Å²) in [7, 11) is 0. The van der Waals surface area contributed by atoms with Crippen molar-refractivity contribution < 1.29 is 9.18 Å². The van der Waals surface area contributed by atoms with E-state index in [1.807, 2.05) is 26.0 Å². The molecule has 2 aliphatic rings. The Morgan fingerprint density at radius 3 is 2.52 bits per heavy atom. The minimum Gasteiger partial charge on any atom is -0.353 e. The van der Waals surface area contributed by atoms with Crippen LogP contribution in [0.2, 0.25) is 0 Å². The van der Waals surface area contributed by atoms with E-state index in [9.17, 15) is 9.18 Å². The summed E-state index contributed by atoms with van der Waals surface area (Å²) in [6.07, 6.45) is 7.17. The van der Waals surface area contributed by atoms with Gasteiger partial charge in [-0.2, -0.15) is 0 Å². The molecule has 1 saturated carbocycles. The fourth-order valence-electron chi connectivity index (χ4n) is 4.94. The van der Waals surface area contributed by atoms with Crippen molar-refractivity contribution in [1.82, 2.24) is 20.2 Å². The van der Waals surface area contributed by atoms with Gasteiger partial charge in [0.1, 0.15) is 11.6 Å². The molecule has 1 aliphatic carbocycles. The number of amides is 1. The van der Waals surface area contributed by atoms with Gasteiger partial charge in [-0.1, -0.05) is 37.5 Å². The molecule has 1 N–H and O–H groups in total. The number of aryl methyl sites for hydroxylation is 2. The molecule has 2 heterocycles. The second-order valence-corrected chi connectivity index (χ2v) is 9.12. The van der Waals surface area contributed by atoms with Gasteiger partial charge in [-0.25, -0.2) is 14.4 Å². The molecule has 2 aromatic rings. The van der Waals surface area contributed by atoms with Crippen LogP contribution in [0.1, 0.15) is 72.8 Å². The predicted octanol–water partition coefficient (Wildman–Crippen LogP) is 4.21. The van der Waals surface area contributed by atoms with Crippen LogP contribution in [-0.4, -0.2) is 39.9 Å². The number of likely N-dealkylation sites (tertiary alicyclic amines) is 1. The SMILES string of the molecule is Cc1nc([C@@H]2CCN(Cc3ccccc3F)C2)nc(C)c1CC(=O)NC1CCCCC1. The van der Waals surface area contributed by atoms with E-state index >= 15 is 0 Å². The highest BCUT2D eigenvalue weighted by Gasteiger charge is 2.28. The van der Waals surface area contributed by atoms with Gasteiger partial charge in [-0.3, -0.25) is 9.69 Å². The van der Waals surface area contributed by atoms with Crippen LogP contribution in [0.3, 0.4) is 0 Å². The molecule has 6 heteroatoms. The van der Waals surface area contributed by atoms with Crippen molar-refractivity contribution in [3.8, 4) is 0 Å². The average Bonchev–Trinajstić information content (AvgIpc) is 3.22. The summed E-state index contributed by atoms with van der Waals surface area (Å²) in [5.74, 6) is 1.02. The Morgan fingerprint density at radius 2 is 1.81 bits per heavy atom. The Bertz CT molecular complexity index is 902. The minimum absolute atomic E-state index is 0.0754. The lowest BCUT2D eigenvalue weighted by Gasteiger charge is -2.23. The molecule has 1 aromatic carbocycles. The molecule has 4 rings (SSSR count). The zero-order valence-corrected chi connectivity index (χ0v) is 18.7. The molecule has 2 fully saturated rings. The molecule has 0 spiro atoms. The Hall–Kier alpha value is -2.34. The molecule has 1 atom stereocenters. The summed E-state index contributed by atoms with van der Waals surface area (Å²) in [5.41, 5.74) is 3.47. The summed E-state index contributed by atoms with van der Waals surface area (Å²) in [6, 6.07) is 7.29. The number of carbonyl (C=O) groups is 1. The van der Waals surface area contributed by atoms with Crippen LogP contribution in [0.25, 0.3) is 0 Å². The maximum atomic E-state index is 14.0. The molecular weight excluding hydrogens is 391 g/mol. The van der Waals surface area contributed by atoms with Crippen molar-refractivity contribution in [3.05, 3.63) is 58.4 Å². The van der Waals surface area contributed by atoms with Gasteiger partial charge in [0.2, 0.25) is 5.91 Å². The van der Waals surface area contributed by atoms with Crippen LogP contribution in [0.4, 0.5) is 4.39 Å². The summed E-state index contributed by atoms with van der Waals surface area (Å²) >= 11 is 0. The van der Waals surface area contributed by atoms with E-state index in [4.69, 9.17) is 9.97 Å². The predicted molar refractivity (Wildman–Crippen MR) is 119 cm³/mol. The van der Waals surface area contributed by atoms with Crippen LogP contribution in [0.5, 0.6) is 0 Å². The van der Waals surface area contributed by atoms with Gasteiger partial charge in [0.25, 0.3) is 0 Å². The van der Waals surface area contributed by atoms with E-state index in [2.05, 4.69) is 10.2 Å². The molecule has 5 nitrogen and oxygen atoms in total. The number of hydrogen-bond donors (Lipinski definition) is 1. The number of benzene rings is 1. The van der Waals surface area contributed by atoms with Crippen LogP contribution in [-0.2, 0) is 17.8 Å². The van der Waals surface area contributed by atoms with Gasteiger partial charge in [0, 0.05) is 47.6 Å². The first kappa shape index (κ1) is 21.9. The first-order valence-corrected chi connectivity index (χ1v) is 11.6. The first-order valence-electron chi connectivity index (χ1n) is 11.6. The summed E-state index contributed by atoms with van der Waals surface area (Å²) in [4.78, 5) is 24.4. The Balaban J connectivity index is 1.38. The molecule has 0 unspecified atom stereocenters. The first-order chi connectivity index (χ1) is 15.0. The number of nitrogens with zero attached hydrogens (tertiary/aromatic N) is 3. The standard InChI is InChI=1S/C25H33FN4O/c1-17-22(14-24(31)29-21-9-4-3-5-10-21)18(2)28-25(27-17)20-12-13-30(16-20)15-19-8-6-7-11-23(19)26/h6-8,11,20-21H,3-5,9-10,12-16H2,1-2H3,(H,29,31)/t20-/m1/s1. The van der Waals surface area contributed by atoms with Gasteiger partial charge in [-0.15, -0.1) is 0 Å². The number of halogens is 1. The molecule has 31 heavy (non-hydrogen) atoms. The van der Waals surface area contributed by atoms with E-state index in [0.29, 0.717) is 19.0 Å². The second kappa shape index (κ2) is 9.86. The van der Waals surface area contributed by atoms with Crippen molar-refractivity contribution in [3.63, 3.8) is 0 Å². The van der Waals surface area contributed by atoms with Crippen LogP contribution >= 0.6 is 0 Å². The molecule has 1 aliphatic heterocycles. The van der Waals surface area contributed by atoms with E-state index in [0.717, 1.165) is 60.7 Å². The zero-order chi connectivity index (χ0) is 21.8. The number of aromatic nitrogens is 2. The van der Waals surface area contributed by atoms with E-state index in [1.54, 1.807) is 6.07 Å². The Kier molecular flexibility index (Phi) is 6.96. The molecule has 1 amide bonds. The second-order valence-electron chi connectivity index (χ2n) is 9.12. The highest BCUT2D eigenvalue weighted by atomic mass is 19.1. The van der Waals surface area contributed by atoms with Crippen molar-refractivity contribution in [2.75, 3.05) is 13.1 Å². The summed E-state index contributed by atoms with van der Waals surface area (Å²) in [5, 5.41) is 3.19. The molecule has 0 radical (unpaired) electrons. The fraction of sp³-hybridized carbons (Fsp3) is 0.560. The van der Waals surface area contributed by atoms with Crippen LogP contribution in [0, 0.1) is 19.7 Å². The lowest BCUT2D eigenvalue weighted by Crippen LogP contribution is -2.37. The molecule has 0 bridgehead atoms. The quantitative estimate of drug-likeness (QED) is 0.755. The molecule has 166 valence electrons. The number of carbonyl (C=O) groups excluding carboxylic acids is 1. The maximum absolute atomic E-state index is 14.0. The van der Waals surface area contributed by atoms with Crippen LogP contribution in [0.15, 0.2) is 24.3 Å². The van der Waals surface area contributed by atoms with E-state index in [-0.39, 0.29) is 17.6 Å². The number of rotatable bonds is 6. The molecular formula is C25H33FN4O. The molecule has 1 saturated heterocycles. The normalized spacial score (nSPS) is 20.2. The van der Waals surface area contributed by atoms with Crippen molar-refractivity contribution in [2.45, 2.75) is 77.3 Å². The van der Waals surface area contributed by atoms with Crippen molar-refractivity contribution in [2.24, 2.45) is 0 Å². The highest BCUT2D eigenvalue weighted by Crippen LogP contribution is 2.28. The maximum Gasteiger partial charge on any atom is 0.224 e. The zero-order valence-electron chi connectivity index (χ0n) is 18.7. The summed E-state index contributed by atoms with van der Waals surface area (Å²) in [6.45, 7) is 6.31. The Labute approximate surface area is 184 Å². The minimum atomic E-state index is -0.148. The third-order valence-corrected chi connectivity index (χ3v) is 6.73. The smallest absolute Gasteiger partial charge is 0.224 e. The van der Waals surface area contributed by atoms with Crippen molar-refractivity contribution in [1.29, 1.82) is 0 Å². The average molecular weight is 425 g/mol. The third-order valence-electron chi connectivity index (χ3n) is 6.73. The fourth-order valence-corrected chi connectivity index (χ4v) is 4.94. The monoisotopic (exact) mass is 424 g/mol. The van der Waals surface area contributed by atoms with Crippen LogP contribution < -0.4 is 5.32 Å². The largest absolute Gasteiger partial charge is 0.353 e. The summed E-state index contributed by atoms with van der Waals surface area (Å²) < 4.78 is 14.0. The van der Waals surface area contributed by atoms with Crippen molar-refractivity contribution >= 4 is 5.91 Å². The van der Waals surface area contributed by atoms with E-state index in [1.165, 1.54) is 25.3 Å². The number of hydrogen-bond acceptors (Lipinski definition) is 4. The van der Waals surface area contributed by atoms with Gasteiger partial charge in [0.05, 0.1) is 6.42 Å². The van der Waals surface area contributed by atoms with E-state index < -0.39 is 0 Å². The third kappa shape index (κ3) is 5.48. The topological polar surface area (TPSA) is 58.1 Å². The highest BCUT2D eigenvalue weighted by molar-refractivity contribution is 5.79. The number of nitrogens with one attached hydrogen (secondary N) is 1.